The van der Waals surface area contributed by atoms with E-state index in [9.17, 15) is 20.1 Å². The zero-order valence-corrected chi connectivity index (χ0v) is 16.2. The molecule has 0 saturated carbocycles. The number of nitrogens with zero attached hydrogens (tertiary/aromatic N) is 1. The van der Waals surface area contributed by atoms with Crippen LogP contribution in [0.1, 0.15) is 16.8 Å². The standard InChI is InChI=1S/C25H21NO4/c27-20-8-1-17(2-9-20)3-14-25(30)26-15-23(18-4-10-21(28)11-5-18)24(16-26)19-6-12-22(29)13-7-19/h1-2,4-13,15-16,27-29H,3,14H2. The second-order valence-corrected chi connectivity index (χ2v) is 7.15. The predicted molar refractivity (Wildman–Crippen MR) is 116 cm³/mol. The van der Waals surface area contributed by atoms with Gasteiger partial charge in [0.2, 0.25) is 5.91 Å². The molecule has 150 valence electrons. The first kappa shape index (κ1) is 19.3. The van der Waals surface area contributed by atoms with Crippen molar-refractivity contribution in [1.82, 2.24) is 4.57 Å². The van der Waals surface area contributed by atoms with Gasteiger partial charge in [0.05, 0.1) is 0 Å². The predicted octanol–water partition coefficient (Wildman–Crippen LogP) is 5.21. The van der Waals surface area contributed by atoms with Crippen molar-refractivity contribution in [3.05, 3.63) is 90.8 Å². The second kappa shape index (κ2) is 8.17. The first-order valence-corrected chi connectivity index (χ1v) is 9.61. The molecule has 0 aliphatic carbocycles. The molecule has 0 aliphatic rings. The van der Waals surface area contributed by atoms with Gasteiger partial charge in [-0.2, -0.15) is 0 Å². The van der Waals surface area contributed by atoms with Crippen LogP contribution in [0.5, 0.6) is 17.2 Å². The Morgan fingerprint density at radius 3 is 1.47 bits per heavy atom. The molecule has 4 rings (SSSR count). The van der Waals surface area contributed by atoms with Crippen LogP contribution in [0, 0.1) is 0 Å². The van der Waals surface area contributed by atoms with Gasteiger partial charge in [0.1, 0.15) is 17.2 Å². The van der Waals surface area contributed by atoms with Crippen LogP contribution in [-0.2, 0) is 6.42 Å². The number of phenolic OH excluding ortho intramolecular Hbond substituents is 3. The Balaban J connectivity index is 1.65. The number of aryl methyl sites for hydroxylation is 1. The Hall–Kier alpha value is -3.99. The van der Waals surface area contributed by atoms with Crippen LogP contribution < -0.4 is 0 Å². The Labute approximate surface area is 174 Å². The molecule has 1 aromatic heterocycles. The molecule has 0 fully saturated rings. The number of rotatable bonds is 5. The van der Waals surface area contributed by atoms with Crippen molar-refractivity contribution in [2.45, 2.75) is 12.8 Å². The summed E-state index contributed by atoms with van der Waals surface area (Å²) in [5.74, 6) is 0.504. The fraction of sp³-hybridized carbons (Fsp3) is 0.0800. The number of carbonyl (C=O) groups excluding carboxylic acids is 1. The van der Waals surface area contributed by atoms with E-state index in [0.29, 0.717) is 12.8 Å². The van der Waals surface area contributed by atoms with E-state index in [0.717, 1.165) is 27.8 Å². The Morgan fingerprint density at radius 1 is 0.633 bits per heavy atom. The lowest BCUT2D eigenvalue weighted by molar-refractivity contribution is 0.0903. The SMILES string of the molecule is O=C(CCc1ccc(O)cc1)n1cc(-c2ccc(O)cc2)c(-c2ccc(O)cc2)c1. The number of hydrogen-bond donors (Lipinski definition) is 3. The molecule has 0 radical (unpaired) electrons. The smallest absolute Gasteiger partial charge is 0.230 e. The fourth-order valence-corrected chi connectivity index (χ4v) is 3.38. The molecule has 30 heavy (non-hydrogen) atoms. The summed E-state index contributed by atoms with van der Waals surface area (Å²) >= 11 is 0. The Kier molecular flexibility index (Phi) is 5.26. The minimum absolute atomic E-state index is 0.0480. The van der Waals surface area contributed by atoms with Gasteiger partial charge in [0.15, 0.2) is 0 Å². The number of phenols is 3. The average Bonchev–Trinajstić information content (AvgIpc) is 3.20. The number of aromatic hydroxyl groups is 3. The third kappa shape index (κ3) is 4.20. The molecular weight excluding hydrogens is 378 g/mol. The minimum atomic E-state index is -0.0480. The number of benzene rings is 3. The summed E-state index contributed by atoms with van der Waals surface area (Å²) in [6.07, 6.45) is 4.49. The highest BCUT2D eigenvalue weighted by atomic mass is 16.3. The van der Waals surface area contributed by atoms with Gasteiger partial charge in [-0.15, -0.1) is 0 Å². The fourth-order valence-electron chi connectivity index (χ4n) is 3.38. The van der Waals surface area contributed by atoms with Gasteiger partial charge in [0.25, 0.3) is 0 Å². The average molecular weight is 399 g/mol. The zero-order valence-electron chi connectivity index (χ0n) is 16.2. The molecule has 0 unspecified atom stereocenters. The van der Waals surface area contributed by atoms with Gasteiger partial charge in [-0.3, -0.25) is 9.36 Å². The number of carbonyl (C=O) groups is 1. The van der Waals surface area contributed by atoms with Crippen molar-refractivity contribution in [2.75, 3.05) is 0 Å². The van der Waals surface area contributed by atoms with E-state index in [2.05, 4.69) is 0 Å². The van der Waals surface area contributed by atoms with Crippen molar-refractivity contribution in [3.8, 4) is 39.5 Å². The third-order valence-corrected chi connectivity index (χ3v) is 5.04. The monoisotopic (exact) mass is 399 g/mol. The highest BCUT2D eigenvalue weighted by Crippen LogP contribution is 2.34. The van der Waals surface area contributed by atoms with Gasteiger partial charge < -0.3 is 15.3 Å². The van der Waals surface area contributed by atoms with E-state index < -0.39 is 0 Å². The zero-order chi connectivity index (χ0) is 21.1. The van der Waals surface area contributed by atoms with E-state index in [1.807, 2.05) is 12.1 Å². The topological polar surface area (TPSA) is 82.7 Å². The van der Waals surface area contributed by atoms with Gasteiger partial charge in [0, 0.05) is 29.9 Å². The molecule has 0 aliphatic heterocycles. The molecule has 3 N–H and O–H groups in total. The molecule has 0 amide bonds. The molecule has 5 nitrogen and oxygen atoms in total. The third-order valence-electron chi connectivity index (χ3n) is 5.04. The van der Waals surface area contributed by atoms with Crippen molar-refractivity contribution >= 4 is 5.91 Å². The van der Waals surface area contributed by atoms with Gasteiger partial charge in [-0.05, 0) is 59.5 Å². The second-order valence-electron chi connectivity index (χ2n) is 7.15. The van der Waals surface area contributed by atoms with Crippen LogP contribution in [0.3, 0.4) is 0 Å². The summed E-state index contributed by atoms with van der Waals surface area (Å²) in [6, 6.07) is 20.5. The van der Waals surface area contributed by atoms with Crippen LogP contribution in [0.25, 0.3) is 22.3 Å². The van der Waals surface area contributed by atoms with Crippen LogP contribution in [0.15, 0.2) is 85.2 Å². The Bertz CT molecular complexity index is 1090. The van der Waals surface area contributed by atoms with Crippen molar-refractivity contribution in [3.63, 3.8) is 0 Å². The largest absolute Gasteiger partial charge is 0.508 e. The summed E-state index contributed by atoms with van der Waals surface area (Å²) < 4.78 is 1.59. The van der Waals surface area contributed by atoms with Crippen molar-refractivity contribution in [1.29, 1.82) is 0 Å². The maximum absolute atomic E-state index is 12.9. The lowest BCUT2D eigenvalue weighted by atomic mass is 9.99. The summed E-state index contributed by atoms with van der Waals surface area (Å²) in [4.78, 5) is 12.9. The van der Waals surface area contributed by atoms with Gasteiger partial charge in [-0.25, -0.2) is 0 Å². The molecule has 0 saturated heterocycles. The molecule has 0 bridgehead atoms. The maximum Gasteiger partial charge on any atom is 0.230 e. The molecule has 1 heterocycles. The molecule has 3 aromatic carbocycles. The molecule has 0 atom stereocenters. The first-order chi connectivity index (χ1) is 14.5. The summed E-state index contributed by atoms with van der Waals surface area (Å²) in [5, 5.41) is 28.6. The van der Waals surface area contributed by atoms with Crippen molar-refractivity contribution < 1.29 is 20.1 Å². The molecular formula is C25H21NO4. The molecule has 0 spiro atoms. The van der Waals surface area contributed by atoms with Gasteiger partial charge in [-0.1, -0.05) is 36.4 Å². The van der Waals surface area contributed by atoms with E-state index in [1.54, 1.807) is 77.6 Å². The summed E-state index contributed by atoms with van der Waals surface area (Å²) in [5.41, 5.74) is 4.45. The van der Waals surface area contributed by atoms with Crippen LogP contribution in [0.2, 0.25) is 0 Å². The van der Waals surface area contributed by atoms with E-state index in [-0.39, 0.29) is 23.2 Å². The van der Waals surface area contributed by atoms with Gasteiger partial charge >= 0.3 is 0 Å². The Morgan fingerprint density at radius 2 is 1.03 bits per heavy atom. The highest BCUT2D eigenvalue weighted by molar-refractivity contribution is 5.89. The lowest BCUT2D eigenvalue weighted by Crippen LogP contribution is -2.09. The first-order valence-electron chi connectivity index (χ1n) is 9.61. The van der Waals surface area contributed by atoms with E-state index >= 15 is 0 Å². The molecule has 5 heteroatoms. The normalized spacial score (nSPS) is 10.8. The number of aromatic nitrogens is 1. The number of hydrogen-bond acceptors (Lipinski definition) is 4. The minimum Gasteiger partial charge on any atom is -0.508 e. The highest BCUT2D eigenvalue weighted by Gasteiger charge is 2.15. The van der Waals surface area contributed by atoms with E-state index in [1.165, 1.54) is 0 Å². The van der Waals surface area contributed by atoms with Crippen molar-refractivity contribution in [2.24, 2.45) is 0 Å². The molecule has 4 aromatic rings. The van der Waals surface area contributed by atoms with Crippen LogP contribution in [0.4, 0.5) is 0 Å². The van der Waals surface area contributed by atoms with Crippen LogP contribution >= 0.6 is 0 Å². The summed E-state index contributed by atoms with van der Waals surface area (Å²) in [6.45, 7) is 0. The van der Waals surface area contributed by atoms with E-state index in [4.69, 9.17) is 0 Å². The maximum atomic E-state index is 12.9. The summed E-state index contributed by atoms with van der Waals surface area (Å²) in [7, 11) is 0. The van der Waals surface area contributed by atoms with Crippen LogP contribution in [-0.4, -0.2) is 25.8 Å². The lowest BCUT2D eigenvalue weighted by Gasteiger charge is -2.05. The quantitative estimate of drug-likeness (QED) is 0.430.